The Morgan fingerprint density at radius 3 is 2.48 bits per heavy atom. The third-order valence-corrected chi connectivity index (χ3v) is 8.25. The molecule has 1 N–H and O–H groups in total. The van der Waals surface area contributed by atoms with Gasteiger partial charge in [-0.3, -0.25) is 9.36 Å². The minimum absolute atomic E-state index is 0.126. The number of pyridine rings is 1. The van der Waals surface area contributed by atoms with Crippen molar-refractivity contribution in [2.45, 2.75) is 39.3 Å². The Morgan fingerprint density at radius 2 is 1.79 bits per heavy atom. The molecule has 6 rings (SSSR count). The smallest absolute Gasteiger partial charge is 0.407 e. The summed E-state index contributed by atoms with van der Waals surface area (Å²) in [5.41, 5.74) is 8.41. The molecule has 42 heavy (non-hydrogen) atoms. The summed E-state index contributed by atoms with van der Waals surface area (Å²) in [5.74, 6) is 1.48. The average molecular weight is 567 g/mol. The Kier molecular flexibility index (Phi) is 7.28. The Morgan fingerprint density at radius 1 is 1.02 bits per heavy atom. The number of rotatable bonds is 7. The summed E-state index contributed by atoms with van der Waals surface area (Å²) in [5, 5.41) is 19.1. The molecule has 3 aromatic heterocycles. The predicted octanol–water partition coefficient (Wildman–Crippen LogP) is 5.96. The summed E-state index contributed by atoms with van der Waals surface area (Å²) in [7, 11) is 3.33. The SMILES string of the molecule is COc1ccc(Cn2nc(-c3cnn(C4CCN(C(=O)O)CC4)c3)c3nc(-c4cccc(C)c4C)c(OC)cc32)cc1. The molecule has 0 aliphatic carbocycles. The van der Waals surface area contributed by atoms with Gasteiger partial charge in [0.05, 0.1) is 38.5 Å². The molecular formula is C32H34N6O4. The second kappa shape index (κ2) is 11.2. The molecule has 216 valence electrons. The zero-order valence-corrected chi connectivity index (χ0v) is 24.2. The van der Waals surface area contributed by atoms with Gasteiger partial charge in [0.25, 0.3) is 0 Å². The number of piperidine rings is 1. The van der Waals surface area contributed by atoms with Gasteiger partial charge >= 0.3 is 6.09 Å². The van der Waals surface area contributed by atoms with E-state index in [9.17, 15) is 9.90 Å². The van der Waals surface area contributed by atoms with E-state index in [0.29, 0.717) is 38.2 Å². The number of hydrogen-bond donors (Lipinski definition) is 1. The molecule has 0 spiro atoms. The fourth-order valence-electron chi connectivity index (χ4n) is 5.63. The highest BCUT2D eigenvalue weighted by Crippen LogP contribution is 2.37. The van der Waals surface area contributed by atoms with E-state index in [2.05, 4.69) is 31.1 Å². The summed E-state index contributed by atoms with van der Waals surface area (Å²) < 4.78 is 15.1. The van der Waals surface area contributed by atoms with Crippen molar-refractivity contribution in [1.29, 1.82) is 0 Å². The molecule has 4 heterocycles. The van der Waals surface area contributed by atoms with E-state index >= 15 is 0 Å². The first-order valence-corrected chi connectivity index (χ1v) is 14.0. The number of likely N-dealkylation sites (tertiary alicyclic amines) is 1. The maximum Gasteiger partial charge on any atom is 0.407 e. The molecule has 0 unspecified atom stereocenters. The van der Waals surface area contributed by atoms with Gasteiger partial charge in [-0.1, -0.05) is 30.3 Å². The standard InChI is InChI=1S/C32H34N6O4/c1-20-6-5-7-26(21(20)2)30-28(42-4)16-27-31(34-30)29(35-38(27)18-22-8-10-25(41-3)11-9-22)23-17-33-37(19-23)24-12-14-36(15-13-24)32(39)40/h5-11,16-17,19,24H,12-15,18H2,1-4H3,(H,39,40). The second-order valence-electron chi connectivity index (χ2n) is 10.7. The number of hydrogen-bond acceptors (Lipinski definition) is 6. The lowest BCUT2D eigenvalue weighted by Gasteiger charge is -2.29. The van der Waals surface area contributed by atoms with Crippen molar-refractivity contribution in [3.8, 4) is 34.0 Å². The van der Waals surface area contributed by atoms with Gasteiger partial charge in [-0.2, -0.15) is 10.2 Å². The van der Waals surface area contributed by atoms with Crippen LogP contribution in [-0.4, -0.2) is 68.0 Å². The number of carboxylic acid groups (broad SMARTS) is 1. The fourth-order valence-corrected chi connectivity index (χ4v) is 5.63. The van der Waals surface area contributed by atoms with E-state index in [4.69, 9.17) is 19.6 Å². The van der Waals surface area contributed by atoms with Gasteiger partial charge in [-0.15, -0.1) is 0 Å². The molecule has 0 atom stereocenters. The van der Waals surface area contributed by atoms with Gasteiger partial charge in [0.15, 0.2) is 0 Å². The van der Waals surface area contributed by atoms with E-state index in [1.807, 2.05) is 58.2 Å². The maximum atomic E-state index is 11.4. The van der Waals surface area contributed by atoms with Crippen LogP contribution in [0.3, 0.4) is 0 Å². The van der Waals surface area contributed by atoms with Crippen LogP contribution in [0.25, 0.3) is 33.5 Å². The molecule has 1 aliphatic heterocycles. The number of aryl methyl sites for hydroxylation is 1. The Bertz CT molecular complexity index is 1750. The van der Waals surface area contributed by atoms with Crippen molar-refractivity contribution >= 4 is 17.1 Å². The minimum atomic E-state index is -0.871. The highest BCUT2D eigenvalue weighted by Gasteiger charge is 2.26. The van der Waals surface area contributed by atoms with Crippen LogP contribution in [0.1, 0.15) is 35.6 Å². The summed E-state index contributed by atoms with van der Waals surface area (Å²) in [6.45, 7) is 5.72. The number of amides is 1. The molecule has 10 heteroatoms. The van der Waals surface area contributed by atoms with Crippen molar-refractivity contribution in [3.63, 3.8) is 0 Å². The number of fused-ring (bicyclic) bond motifs is 1. The average Bonchev–Trinajstić information content (AvgIpc) is 3.63. The lowest BCUT2D eigenvalue weighted by molar-refractivity contribution is 0.124. The molecule has 0 saturated carbocycles. The van der Waals surface area contributed by atoms with E-state index in [-0.39, 0.29) is 6.04 Å². The Balaban J connectivity index is 1.45. The first kappa shape index (κ1) is 27.3. The molecule has 1 amide bonds. The Hall–Kier alpha value is -4.86. The van der Waals surface area contributed by atoms with Crippen LogP contribution in [0.5, 0.6) is 11.5 Å². The van der Waals surface area contributed by atoms with Crippen LogP contribution >= 0.6 is 0 Å². The van der Waals surface area contributed by atoms with Gasteiger partial charge in [0, 0.05) is 36.5 Å². The quantitative estimate of drug-likeness (QED) is 0.259. The van der Waals surface area contributed by atoms with Crippen molar-refractivity contribution in [2.75, 3.05) is 27.3 Å². The first-order valence-electron chi connectivity index (χ1n) is 14.0. The number of ether oxygens (including phenoxy) is 2. The van der Waals surface area contributed by atoms with Crippen LogP contribution in [0.2, 0.25) is 0 Å². The topological polar surface area (TPSA) is 108 Å². The number of nitrogens with zero attached hydrogens (tertiary/aromatic N) is 6. The van der Waals surface area contributed by atoms with Crippen LogP contribution in [0.15, 0.2) is 60.9 Å². The molecule has 10 nitrogen and oxygen atoms in total. The predicted molar refractivity (Wildman–Crippen MR) is 160 cm³/mol. The largest absolute Gasteiger partial charge is 0.497 e. The zero-order valence-electron chi connectivity index (χ0n) is 24.2. The summed E-state index contributed by atoms with van der Waals surface area (Å²) in [6.07, 6.45) is 4.39. The summed E-state index contributed by atoms with van der Waals surface area (Å²) >= 11 is 0. The molecular weight excluding hydrogens is 532 g/mol. The van der Waals surface area contributed by atoms with Gasteiger partial charge in [-0.25, -0.2) is 9.78 Å². The van der Waals surface area contributed by atoms with Crippen LogP contribution < -0.4 is 9.47 Å². The number of aromatic nitrogens is 5. The second-order valence-corrected chi connectivity index (χ2v) is 10.7. The van der Waals surface area contributed by atoms with E-state index in [0.717, 1.165) is 50.4 Å². The normalized spacial score (nSPS) is 14.0. The maximum absolute atomic E-state index is 11.4. The van der Waals surface area contributed by atoms with Gasteiger partial charge in [0.1, 0.15) is 28.4 Å². The number of carbonyl (C=O) groups is 1. The fraction of sp³-hybridized carbons (Fsp3) is 0.312. The van der Waals surface area contributed by atoms with Gasteiger partial charge < -0.3 is 19.5 Å². The zero-order chi connectivity index (χ0) is 29.4. The van der Waals surface area contributed by atoms with Crippen LogP contribution in [0.4, 0.5) is 4.79 Å². The molecule has 5 aromatic rings. The minimum Gasteiger partial charge on any atom is -0.497 e. The molecule has 0 radical (unpaired) electrons. The van der Waals surface area contributed by atoms with Crippen LogP contribution in [-0.2, 0) is 6.54 Å². The van der Waals surface area contributed by atoms with Crippen molar-refractivity contribution in [2.24, 2.45) is 0 Å². The number of methoxy groups -OCH3 is 2. The van der Waals surface area contributed by atoms with Gasteiger partial charge in [-0.05, 0) is 55.5 Å². The summed E-state index contributed by atoms with van der Waals surface area (Å²) in [4.78, 5) is 18.0. The first-order chi connectivity index (χ1) is 20.4. The van der Waals surface area contributed by atoms with Gasteiger partial charge in [0.2, 0.25) is 0 Å². The van der Waals surface area contributed by atoms with Crippen molar-refractivity contribution < 1.29 is 19.4 Å². The molecule has 1 saturated heterocycles. The molecule has 2 aromatic carbocycles. The lowest BCUT2D eigenvalue weighted by Crippen LogP contribution is -2.38. The van der Waals surface area contributed by atoms with E-state index in [1.54, 1.807) is 14.2 Å². The lowest BCUT2D eigenvalue weighted by atomic mass is 9.99. The summed E-state index contributed by atoms with van der Waals surface area (Å²) in [6, 6.07) is 16.3. The van der Waals surface area contributed by atoms with Crippen LogP contribution in [0, 0.1) is 13.8 Å². The van der Waals surface area contributed by atoms with E-state index in [1.165, 1.54) is 10.5 Å². The van der Waals surface area contributed by atoms with Crippen molar-refractivity contribution in [3.05, 3.63) is 77.6 Å². The highest BCUT2D eigenvalue weighted by molar-refractivity contribution is 5.93. The van der Waals surface area contributed by atoms with E-state index < -0.39 is 6.09 Å². The Labute approximate surface area is 244 Å². The number of benzene rings is 2. The highest BCUT2D eigenvalue weighted by atomic mass is 16.5. The third kappa shape index (κ3) is 5.04. The molecule has 0 bridgehead atoms. The molecule has 1 fully saturated rings. The monoisotopic (exact) mass is 566 g/mol. The third-order valence-electron chi connectivity index (χ3n) is 8.25. The molecule has 1 aliphatic rings. The van der Waals surface area contributed by atoms with Crippen molar-refractivity contribution in [1.82, 2.24) is 29.4 Å².